The van der Waals surface area contributed by atoms with Gasteiger partial charge in [-0.25, -0.2) is 0 Å². The van der Waals surface area contributed by atoms with Gasteiger partial charge in [0.2, 0.25) is 29.5 Å². The van der Waals surface area contributed by atoms with Gasteiger partial charge in [-0.1, -0.05) is 24.3 Å². The van der Waals surface area contributed by atoms with Crippen molar-refractivity contribution in [1.82, 2.24) is 26.6 Å². The van der Waals surface area contributed by atoms with Gasteiger partial charge in [-0.15, -0.1) is 0 Å². The average molecular weight is 741 g/mol. The third kappa shape index (κ3) is 13.4. The molecule has 4 bridgehead atoms. The summed E-state index contributed by atoms with van der Waals surface area (Å²) in [5.41, 5.74) is 32.9. The molecule has 6 atom stereocenters. The molecule has 0 spiro atoms. The fraction of sp³-hybridized carbons (Fsp3) is 0.528. The quantitative estimate of drug-likeness (QED) is 0.0767. The van der Waals surface area contributed by atoms with Gasteiger partial charge in [-0.2, -0.15) is 0 Å². The molecule has 17 N–H and O–H groups in total. The smallest absolute Gasteiger partial charge is 0.243 e. The molecule has 1 aliphatic heterocycles. The number of amides is 5. The van der Waals surface area contributed by atoms with E-state index in [1.54, 1.807) is 12.1 Å². The van der Waals surface area contributed by atoms with Gasteiger partial charge in [-0.05, 0) is 85.5 Å². The van der Waals surface area contributed by atoms with Crippen molar-refractivity contribution in [3.8, 4) is 16.9 Å². The third-order valence-electron chi connectivity index (χ3n) is 9.12. The molecule has 1 heterocycles. The number of aliphatic hydroxyl groups excluding tert-OH is 1. The monoisotopic (exact) mass is 740 g/mol. The molecular formula is C36H56N10O7. The highest BCUT2D eigenvalue weighted by molar-refractivity contribution is 5.93. The number of carbonyl (C=O) groups excluding carboxylic acids is 5. The number of nitrogens with one attached hydrogen (secondary N) is 5. The van der Waals surface area contributed by atoms with E-state index in [0.29, 0.717) is 31.2 Å². The summed E-state index contributed by atoms with van der Waals surface area (Å²) >= 11 is 0. The first kappa shape index (κ1) is 42.8. The van der Waals surface area contributed by atoms with Crippen molar-refractivity contribution in [3.63, 3.8) is 0 Å². The lowest BCUT2D eigenvalue weighted by atomic mass is 9.93. The van der Waals surface area contributed by atoms with Crippen molar-refractivity contribution in [1.29, 1.82) is 0 Å². The maximum atomic E-state index is 13.7. The van der Waals surface area contributed by atoms with Crippen molar-refractivity contribution in [2.24, 2.45) is 28.7 Å². The number of benzene rings is 2. The van der Waals surface area contributed by atoms with Gasteiger partial charge in [0, 0.05) is 39.0 Å². The van der Waals surface area contributed by atoms with Crippen LogP contribution in [0.25, 0.3) is 11.1 Å². The molecule has 0 fully saturated rings. The number of carbonyl (C=O) groups is 5. The second-order valence-corrected chi connectivity index (χ2v) is 13.4. The van der Waals surface area contributed by atoms with Crippen molar-refractivity contribution in [2.75, 3.05) is 32.7 Å². The molecular weight excluding hydrogens is 684 g/mol. The molecule has 53 heavy (non-hydrogen) atoms. The van der Waals surface area contributed by atoms with Gasteiger partial charge in [0.15, 0.2) is 0 Å². The Morgan fingerprint density at radius 1 is 0.849 bits per heavy atom. The van der Waals surface area contributed by atoms with Crippen molar-refractivity contribution in [3.05, 3.63) is 53.1 Å². The lowest BCUT2D eigenvalue weighted by molar-refractivity contribution is -0.132. The first-order valence-corrected chi connectivity index (χ1v) is 17.9. The van der Waals surface area contributed by atoms with E-state index in [9.17, 15) is 34.2 Å². The summed E-state index contributed by atoms with van der Waals surface area (Å²) in [6, 6.07) is 5.60. The van der Waals surface area contributed by atoms with E-state index in [1.807, 2.05) is 25.1 Å². The largest absolute Gasteiger partial charge is 0.508 e. The molecule has 17 nitrogen and oxygen atoms in total. The van der Waals surface area contributed by atoms with Crippen molar-refractivity contribution < 1.29 is 34.2 Å². The predicted molar refractivity (Wildman–Crippen MR) is 200 cm³/mol. The van der Waals surface area contributed by atoms with Crippen LogP contribution in [0.5, 0.6) is 5.75 Å². The molecule has 0 aromatic heterocycles. The number of phenolic OH excluding ortho intramolecular Hbond substituents is 1. The van der Waals surface area contributed by atoms with Crippen molar-refractivity contribution >= 4 is 29.5 Å². The highest BCUT2D eigenvalue weighted by Gasteiger charge is 2.30. The number of hydrogen-bond donors (Lipinski definition) is 12. The van der Waals surface area contributed by atoms with Gasteiger partial charge < -0.3 is 65.5 Å². The molecule has 292 valence electrons. The Bertz CT molecular complexity index is 1580. The fourth-order valence-electron chi connectivity index (χ4n) is 5.72. The maximum Gasteiger partial charge on any atom is 0.243 e. The molecule has 2 aromatic rings. The minimum atomic E-state index is -1.11. The lowest BCUT2D eigenvalue weighted by Crippen LogP contribution is -2.57. The Kier molecular flexibility index (Phi) is 17.1. The third-order valence-corrected chi connectivity index (χ3v) is 9.12. The number of aliphatic hydroxyl groups is 1. The van der Waals surface area contributed by atoms with Crippen LogP contribution < -0.4 is 55.3 Å². The first-order valence-electron chi connectivity index (χ1n) is 17.9. The highest BCUT2D eigenvalue weighted by atomic mass is 16.3. The van der Waals surface area contributed by atoms with Crippen LogP contribution in [0, 0.1) is 6.92 Å². The second kappa shape index (κ2) is 21.2. The van der Waals surface area contributed by atoms with Crippen LogP contribution in [0.4, 0.5) is 0 Å². The molecule has 2 aromatic carbocycles. The van der Waals surface area contributed by atoms with E-state index in [0.717, 1.165) is 22.3 Å². The molecule has 0 aliphatic carbocycles. The van der Waals surface area contributed by atoms with Crippen LogP contribution in [-0.2, 0) is 36.8 Å². The minimum Gasteiger partial charge on any atom is -0.508 e. The SMILES string of the molecule is Cc1ccc2cc1C[C@@H](C(=O)NC[C@H](N)C(=O)NCCCC[C@H](N)C(=O)NCC(O)CN)NC(=O)[C@H](CCCN)NC(=O)[C@@H](N)Cc1cc-2ccc1O. The van der Waals surface area contributed by atoms with E-state index >= 15 is 0 Å². The van der Waals surface area contributed by atoms with Crippen LogP contribution in [-0.4, -0.2) is 109 Å². The van der Waals surface area contributed by atoms with E-state index in [-0.39, 0.29) is 57.7 Å². The van der Waals surface area contributed by atoms with Crippen LogP contribution in [0.2, 0.25) is 0 Å². The number of aryl methyl sites for hydroxylation is 1. The number of phenols is 1. The molecule has 0 saturated heterocycles. The summed E-state index contributed by atoms with van der Waals surface area (Å²) in [6.45, 7) is 2.20. The molecule has 0 saturated carbocycles. The summed E-state index contributed by atoms with van der Waals surface area (Å²) in [5, 5.41) is 33.4. The zero-order valence-corrected chi connectivity index (χ0v) is 30.2. The lowest BCUT2D eigenvalue weighted by Gasteiger charge is -2.25. The summed E-state index contributed by atoms with van der Waals surface area (Å²) in [4.78, 5) is 65.2. The predicted octanol–water partition coefficient (Wildman–Crippen LogP) is -3.00. The zero-order chi connectivity index (χ0) is 39.1. The Labute approximate surface area is 309 Å². The number of fused-ring (bicyclic) bond motifs is 5. The summed E-state index contributed by atoms with van der Waals surface area (Å²) in [6.07, 6.45) is 1.25. The molecule has 0 radical (unpaired) electrons. The van der Waals surface area contributed by atoms with E-state index in [2.05, 4.69) is 26.6 Å². The van der Waals surface area contributed by atoms with Crippen LogP contribution in [0.3, 0.4) is 0 Å². The molecule has 5 amide bonds. The Morgan fingerprint density at radius 2 is 1.53 bits per heavy atom. The molecule has 17 heteroatoms. The fourth-order valence-corrected chi connectivity index (χ4v) is 5.72. The number of rotatable bonds is 16. The summed E-state index contributed by atoms with van der Waals surface area (Å²) in [7, 11) is 0. The standard InChI is InChI=1S/C36H56N10O7/c1-20-7-8-21-13-23(20)16-30(35(52)44-19-28(41)33(50)42-12-3-2-5-26(39)32(49)43-18-25(47)17-38)46-36(53)29(6-4-11-37)45-34(51)27(40)15-24-14-22(21)9-10-31(24)48/h7-10,13-14,25-30,47-48H,2-6,11-12,15-19,37-41H2,1H3,(H,42,50)(H,43,49)(H,44,52)(H,45,51)(H,46,53)/t25?,26-,27-,28-,29-,30-/m0/s1. The number of nitrogens with two attached hydrogens (primary N) is 5. The van der Waals surface area contributed by atoms with Gasteiger partial charge >= 0.3 is 0 Å². The van der Waals surface area contributed by atoms with Gasteiger partial charge in [-0.3, -0.25) is 24.0 Å². The Hall–Kier alpha value is -4.65. The topological polar surface area (TPSA) is 316 Å². The van der Waals surface area contributed by atoms with E-state index in [4.69, 9.17) is 28.7 Å². The first-order chi connectivity index (χ1) is 25.2. The van der Waals surface area contributed by atoms with Gasteiger partial charge in [0.25, 0.3) is 0 Å². The average Bonchev–Trinajstić information content (AvgIpc) is 3.14. The van der Waals surface area contributed by atoms with Crippen molar-refractivity contribution in [2.45, 2.75) is 88.2 Å². The van der Waals surface area contributed by atoms with Gasteiger partial charge in [0.1, 0.15) is 23.9 Å². The Morgan fingerprint density at radius 3 is 2.23 bits per heavy atom. The van der Waals surface area contributed by atoms with E-state index < -0.39 is 65.8 Å². The van der Waals surface area contributed by atoms with Crippen LogP contribution >= 0.6 is 0 Å². The zero-order valence-electron chi connectivity index (χ0n) is 30.2. The van der Waals surface area contributed by atoms with Crippen LogP contribution in [0.1, 0.15) is 48.8 Å². The van der Waals surface area contributed by atoms with Gasteiger partial charge in [0.05, 0.1) is 18.2 Å². The highest BCUT2D eigenvalue weighted by Crippen LogP contribution is 2.29. The summed E-state index contributed by atoms with van der Waals surface area (Å²) in [5.74, 6) is -2.74. The Balaban J connectivity index is 1.69. The summed E-state index contributed by atoms with van der Waals surface area (Å²) < 4.78 is 0. The number of hydrogen-bond acceptors (Lipinski definition) is 12. The van der Waals surface area contributed by atoms with Crippen LogP contribution in [0.15, 0.2) is 36.4 Å². The van der Waals surface area contributed by atoms with E-state index in [1.165, 1.54) is 6.07 Å². The maximum absolute atomic E-state index is 13.7. The number of unbranched alkanes of at least 4 members (excludes halogenated alkanes) is 1. The normalized spacial score (nSPS) is 19.3. The molecule has 1 unspecified atom stereocenters. The number of aromatic hydroxyl groups is 1. The molecule has 3 rings (SSSR count). The molecule has 1 aliphatic rings. The second-order valence-electron chi connectivity index (χ2n) is 13.4. The minimum absolute atomic E-state index is 0.0118.